The van der Waals surface area contributed by atoms with Gasteiger partial charge in [0.15, 0.2) is 0 Å². The van der Waals surface area contributed by atoms with E-state index >= 15 is 0 Å². The van der Waals surface area contributed by atoms with Crippen LogP contribution in [-0.2, 0) is 4.74 Å². The van der Waals surface area contributed by atoms with Crippen molar-refractivity contribution >= 4 is 23.2 Å². The van der Waals surface area contributed by atoms with E-state index < -0.39 is 4.92 Å². The Kier molecular flexibility index (Phi) is 4.57. The van der Waals surface area contributed by atoms with Crippen LogP contribution in [0.5, 0.6) is 0 Å². The van der Waals surface area contributed by atoms with E-state index in [9.17, 15) is 14.9 Å². The Morgan fingerprint density at radius 2 is 2.10 bits per heavy atom. The largest absolute Gasteiger partial charge is 0.381 e. The third-order valence-corrected chi connectivity index (χ3v) is 3.76. The number of hydrogen-bond acceptors (Lipinski definition) is 4. The number of ether oxygens (including phenoxy) is 1. The molecule has 1 aromatic rings. The second-order valence-electron chi connectivity index (χ2n) is 4.65. The van der Waals surface area contributed by atoms with Gasteiger partial charge < -0.3 is 9.64 Å². The molecule has 7 heteroatoms. The molecule has 0 aromatic heterocycles. The first-order chi connectivity index (χ1) is 9.52. The lowest BCUT2D eigenvalue weighted by Crippen LogP contribution is -2.40. The van der Waals surface area contributed by atoms with Gasteiger partial charge in [-0.2, -0.15) is 0 Å². The van der Waals surface area contributed by atoms with Crippen LogP contribution < -0.4 is 0 Å². The van der Waals surface area contributed by atoms with E-state index in [1.54, 1.807) is 18.0 Å². The molecule has 1 aliphatic rings. The molecule has 1 fully saturated rings. The summed E-state index contributed by atoms with van der Waals surface area (Å²) in [6, 6.07) is 4.42. The summed E-state index contributed by atoms with van der Waals surface area (Å²) in [6.45, 7) is 1.19. The number of amides is 1. The van der Waals surface area contributed by atoms with Gasteiger partial charge in [-0.3, -0.25) is 14.9 Å². The van der Waals surface area contributed by atoms with Crippen LogP contribution in [0.2, 0.25) is 5.02 Å². The lowest BCUT2D eigenvalue weighted by atomic mass is 10.1. The summed E-state index contributed by atoms with van der Waals surface area (Å²) < 4.78 is 5.25. The molecule has 1 heterocycles. The van der Waals surface area contributed by atoms with Gasteiger partial charge in [0.05, 0.1) is 4.92 Å². The quantitative estimate of drug-likeness (QED) is 0.635. The number of nitrogens with zero attached hydrogens (tertiary/aromatic N) is 2. The maximum Gasteiger partial charge on any atom is 0.300 e. The number of nitro benzene ring substituents is 1. The topological polar surface area (TPSA) is 72.7 Å². The van der Waals surface area contributed by atoms with Crippen LogP contribution >= 0.6 is 11.6 Å². The van der Waals surface area contributed by atoms with Crippen LogP contribution in [0.4, 0.5) is 5.69 Å². The Bertz CT molecular complexity index is 529. The summed E-state index contributed by atoms with van der Waals surface area (Å²) in [5, 5.41) is 11.0. The van der Waals surface area contributed by atoms with Gasteiger partial charge in [0.1, 0.15) is 10.6 Å². The van der Waals surface area contributed by atoms with Crippen LogP contribution in [0, 0.1) is 10.1 Å². The molecule has 1 saturated heterocycles. The Morgan fingerprint density at radius 1 is 1.45 bits per heavy atom. The molecule has 0 unspecified atom stereocenters. The van der Waals surface area contributed by atoms with E-state index in [4.69, 9.17) is 16.3 Å². The van der Waals surface area contributed by atoms with Crippen molar-refractivity contribution in [3.05, 3.63) is 38.9 Å². The number of para-hydroxylation sites is 1. The minimum Gasteiger partial charge on any atom is -0.381 e. The summed E-state index contributed by atoms with van der Waals surface area (Å²) >= 11 is 5.83. The highest BCUT2D eigenvalue weighted by atomic mass is 35.5. The van der Waals surface area contributed by atoms with Crippen LogP contribution in [0.15, 0.2) is 18.2 Å². The maximum atomic E-state index is 12.4. The molecule has 1 amide bonds. The summed E-state index contributed by atoms with van der Waals surface area (Å²) in [4.78, 5) is 24.4. The predicted octanol–water partition coefficient (Wildman–Crippen LogP) is 2.50. The average molecular weight is 299 g/mol. The zero-order valence-electron chi connectivity index (χ0n) is 11.0. The lowest BCUT2D eigenvalue weighted by Gasteiger charge is -2.31. The van der Waals surface area contributed by atoms with Gasteiger partial charge in [0.2, 0.25) is 0 Å². The van der Waals surface area contributed by atoms with Crippen LogP contribution in [-0.4, -0.2) is 42.0 Å². The second-order valence-corrected chi connectivity index (χ2v) is 5.06. The number of carbonyl (C=O) groups excluding carboxylic acids is 1. The normalized spacial score (nSPS) is 15.9. The zero-order chi connectivity index (χ0) is 14.7. The fraction of sp³-hybridized carbons (Fsp3) is 0.462. The average Bonchev–Trinajstić information content (AvgIpc) is 2.46. The molecular formula is C13H15ClN2O4. The van der Waals surface area contributed by atoms with E-state index in [1.807, 2.05) is 0 Å². The van der Waals surface area contributed by atoms with Crippen molar-refractivity contribution in [1.82, 2.24) is 4.90 Å². The lowest BCUT2D eigenvalue weighted by molar-refractivity contribution is -0.385. The first kappa shape index (κ1) is 14.7. The molecule has 1 aliphatic heterocycles. The van der Waals surface area contributed by atoms with Crippen LogP contribution in [0.1, 0.15) is 23.2 Å². The first-order valence-electron chi connectivity index (χ1n) is 6.30. The Morgan fingerprint density at radius 3 is 2.70 bits per heavy atom. The molecule has 20 heavy (non-hydrogen) atoms. The molecule has 0 radical (unpaired) electrons. The van der Waals surface area contributed by atoms with Crippen molar-refractivity contribution in [3.63, 3.8) is 0 Å². The number of carbonyl (C=O) groups is 1. The van der Waals surface area contributed by atoms with Crippen LogP contribution in [0.3, 0.4) is 0 Å². The minimum atomic E-state index is -0.618. The van der Waals surface area contributed by atoms with E-state index in [-0.39, 0.29) is 28.2 Å². The minimum absolute atomic E-state index is 0.0245. The Hall–Kier alpha value is -1.66. The fourth-order valence-electron chi connectivity index (χ4n) is 2.30. The fourth-order valence-corrected chi connectivity index (χ4v) is 2.55. The molecule has 108 valence electrons. The third kappa shape index (κ3) is 2.91. The van der Waals surface area contributed by atoms with E-state index in [2.05, 4.69) is 0 Å². The second kappa shape index (κ2) is 6.19. The van der Waals surface area contributed by atoms with Crippen molar-refractivity contribution in [2.45, 2.75) is 18.9 Å². The molecule has 6 nitrogen and oxygen atoms in total. The van der Waals surface area contributed by atoms with Gasteiger partial charge in [0, 0.05) is 26.3 Å². The van der Waals surface area contributed by atoms with Gasteiger partial charge >= 0.3 is 5.69 Å². The van der Waals surface area contributed by atoms with Crippen molar-refractivity contribution in [1.29, 1.82) is 0 Å². The third-order valence-electron chi connectivity index (χ3n) is 3.46. The highest BCUT2D eigenvalue weighted by Gasteiger charge is 2.29. The van der Waals surface area contributed by atoms with Crippen molar-refractivity contribution in [3.8, 4) is 0 Å². The number of benzene rings is 1. The summed E-state index contributed by atoms with van der Waals surface area (Å²) in [7, 11) is 1.66. The highest BCUT2D eigenvalue weighted by molar-refractivity contribution is 6.33. The summed E-state index contributed by atoms with van der Waals surface area (Å²) in [5.41, 5.74) is -0.311. The molecule has 0 spiro atoms. The number of hydrogen-bond donors (Lipinski definition) is 0. The SMILES string of the molecule is CN(C(=O)c1cccc(Cl)c1[N+](=O)[O-])C1CCOCC1. The first-order valence-corrected chi connectivity index (χ1v) is 6.68. The standard InChI is InChI=1S/C13H15ClN2O4/c1-15(9-5-7-20-8-6-9)13(17)10-3-2-4-11(14)12(10)16(18)19/h2-4,9H,5-8H2,1H3. The molecular weight excluding hydrogens is 284 g/mol. The smallest absolute Gasteiger partial charge is 0.300 e. The number of halogens is 1. The Balaban J connectivity index is 2.28. The van der Waals surface area contributed by atoms with Gasteiger partial charge in [-0.15, -0.1) is 0 Å². The highest BCUT2D eigenvalue weighted by Crippen LogP contribution is 2.29. The summed E-state index contributed by atoms with van der Waals surface area (Å²) in [5.74, 6) is -0.383. The molecule has 2 rings (SSSR count). The molecule has 0 aliphatic carbocycles. The summed E-state index contributed by atoms with van der Waals surface area (Å²) in [6.07, 6.45) is 1.47. The molecule has 0 atom stereocenters. The molecule has 0 bridgehead atoms. The number of rotatable bonds is 3. The van der Waals surface area contributed by atoms with Gasteiger partial charge in [-0.1, -0.05) is 17.7 Å². The monoisotopic (exact) mass is 298 g/mol. The molecule has 1 aromatic carbocycles. The number of nitro groups is 1. The molecule has 0 N–H and O–H groups in total. The van der Waals surface area contributed by atoms with E-state index in [1.165, 1.54) is 12.1 Å². The Labute approximate surface area is 121 Å². The zero-order valence-corrected chi connectivity index (χ0v) is 11.8. The van der Waals surface area contributed by atoms with Crippen molar-refractivity contribution in [2.24, 2.45) is 0 Å². The predicted molar refractivity (Wildman–Crippen MR) is 74.0 cm³/mol. The van der Waals surface area contributed by atoms with E-state index in [0.717, 1.165) is 12.8 Å². The van der Waals surface area contributed by atoms with Crippen LogP contribution in [0.25, 0.3) is 0 Å². The van der Waals surface area contributed by atoms with Gasteiger partial charge in [-0.25, -0.2) is 0 Å². The van der Waals surface area contributed by atoms with Gasteiger partial charge in [-0.05, 0) is 25.0 Å². The maximum absolute atomic E-state index is 12.4. The van der Waals surface area contributed by atoms with Crippen molar-refractivity contribution < 1.29 is 14.5 Å². The molecule has 0 saturated carbocycles. The van der Waals surface area contributed by atoms with Crippen molar-refractivity contribution in [2.75, 3.05) is 20.3 Å². The van der Waals surface area contributed by atoms with Gasteiger partial charge in [0.25, 0.3) is 5.91 Å². The van der Waals surface area contributed by atoms with E-state index in [0.29, 0.717) is 13.2 Å².